The third-order valence-electron chi connectivity index (χ3n) is 4.56. The highest BCUT2D eigenvalue weighted by atomic mass is 32.2. The van der Waals surface area contributed by atoms with Gasteiger partial charge < -0.3 is 16.2 Å². The first-order valence-electron chi connectivity index (χ1n) is 5.16. The highest BCUT2D eigenvalue weighted by Gasteiger charge is 2.64. The molecule has 0 radical (unpaired) electrons. The van der Waals surface area contributed by atoms with Crippen molar-refractivity contribution < 1.29 is 23.2 Å². The maximum absolute atomic E-state index is 11.8. The van der Waals surface area contributed by atoms with E-state index in [1.807, 2.05) is 13.8 Å². The van der Waals surface area contributed by atoms with Crippen LogP contribution in [0.4, 0.5) is 0 Å². The van der Waals surface area contributed by atoms with Crippen molar-refractivity contribution in [3.05, 3.63) is 0 Å². The van der Waals surface area contributed by atoms with Crippen LogP contribution >= 0.6 is 0 Å². The van der Waals surface area contributed by atoms with Gasteiger partial charge in [-0.1, -0.05) is 13.8 Å². The summed E-state index contributed by atoms with van der Waals surface area (Å²) in [6, 6.07) is 0. The summed E-state index contributed by atoms with van der Waals surface area (Å²) in [6.07, 6.45) is 1.88. The maximum Gasteiger partial charge on any atom is 0.140 e. The van der Waals surface area contributed by atoms with E-state index >= 15 is 0 Å². The Bertz CT molecular complexity index is 416. The van der Waals surface area contributed by atoms with Crippen molar-refractivity contribution in [2.24, 2.45) is 16.7 Å². The number of hydrogen-bond donors (Lipinski definition) is 1. The van der Waals surface area contributed by atoms with Crippen LogP contribution in [0, 0.1) is 16.7 Å². The zero-order valence-electron chi connectivity index (χ0n) is 10.4. The van der Waals surface area contributed by atoms with E-state index < -0.39 is 21.3 Å². The van der Waals surface area contributed by atoms with Crippen LogP contribution in [-0.4, -0.2) is 30.0 Å². The van der Waals surface area contributed by atoms with Gasteiger partial charge >= 0.3 is 0 Å². The smallest absolute Gasteiger partial charge is 0.140 e. The predicted molar refractivity (Wildman–Crippen MR) is 62.7 cm³/mol. The molecule has 2 rings (SSSR count). The standard InChI is InChI=1S/C10H16O4S.H3N.H2O/c1-9(2)7-3-4-10(9,8(11)5-7)6-15(12,13)14;;/h7H,3-6H2,1-2H3,(H,12,13,14);1H3;1H2. The molecule has 2 atom stereocenters. The SMILES string of the molecule is CC1(C)C2CCC1(CS(=O)(=O)[O-])C(=O)C2.O.[NH4+]. The largest absolute Gasteiger partial charge is 0.748 e. The second-order valence-corrected chi connectivity index (χ2v) is 6.77. The Kier molecular flexibility index (Phi) is 4.18. The average molecular weight is 267 g/mol. The van der Waals surface area contributed by atoms with Crippen LogP contribution in [0.15, 0.2) is 0 Å². The highest BCUT2D eigenvalue weighted by molar-refractivity contribution is 7.85. The second-order valence-electron chi connectivity index (χ2n) is 5.37. The minimum absolute atomic E-state index is 0. The fraction of sp³-hybridized carbons (Fsp3) is 0.900. The number of ketones is 1. The number of hydrogen-bond acceptors (Lipinski definition) is 4. The van der Waals surface area contributed by atoms with Gasteiger partial charge in [0.2, 0.25) is 0 Å². The molecule has 0 aromatic carbocycles. The van der Waals surface area contributed by atoms with Crippen molar-refractivity contribution in [1.82, 2.24) is 6.15 Å². The molecule has 6 N–H and O–H groups in total. The molecule has 2 saturated carbocycles. The summed E-state index contributed by atoms with van der Waals surface area (Å²) in [4.78, 5) is 11.8. The lowest BCUT2D eigenvalue weighted by molar-refractivity contribution is -0.128. The van der Waals surface area contributed by atoms with E-state index in [1.165, 1.54) is 0 Å². The van der Waals surface area contributed by atoms with Crippen LogP contribution in [0.25, 0.3) is 0 Å². The Morgan fingerprint density at radius 1 is 1.41 bits per heavy atom. The number of quaternary nitrogens is 1. The Balaban J connectivity index is 0.00000128. The van der Waals surface area contributed by atoms with Gasteiger partial charge in [-0.3, -0.25) is 4.79 Å². The molecular formula is C10H21NO5S. The van der Waals surface area contributed by atoms with Crippen molar-refractivity contribution >= 4 is 15.9 Å². The predicted octanol–water partition coefficient (Wildman–Crippen LogP) is 0.479. The van der Waals surface area contributed by atoms with Gasteiger partial charge in [-0.15, -0.1) is 0 Å². The van der Waals surface area contributed by atoms with Crippen molar-refractivity contribution in [3.63, 3.8) is 0 Å². The number of carbonyl (C=O) groups excluding carboxylic acids is 1. The van der Waals surface area contributed by atoms with E-state index in [1.54, 1.807) is 0 Å². The number of carbonyl (C=O) groups is 1. The maximum atomic E-state index is 11.8. The monoisotopic (exact) mass is 267 g/mol. The summed E-state index contributed by atoms with van der Waals surface area (Å²) in [5.74, 6) is -0.280. The van der Waals surface area contributed by atoms with E-state index in [2.05, 4.69) is 0 Å². The van der Waals surface area contributed by atoms with Crippen molar-refractivity contribution in [3.8, 4) is 0 Å². The molecule has 0 amide bonds. The van der Waals surface area contributed by atoms with Gasteiger partial charge in [0.15, 0.2) is 0 Å². The van der Waals surface area contributed by atoms with Gasteiger partial charge in [0.1, 0.15) is 5.78 Å². The lowest BCUT2D eigenvalue weighted by atomic mass is 9.70. The highest BCUT2D eigenvalue weighted by Crippen LogP contribution is 2.64. The zero-order valence-corrected chi connectivity index (χ0v) is 11.3. The molecule has 0 aromatic heterocycles. The molecule has 102 valence electrons. The molecule has 2 aliphatic rings. The fourth-order valence-corrected chi connectivity index (χ4v) is 4.69. The Hall–Kier alpha value is -0.500. The molecule has 7 heteroatoms. The van der Waals surface area contributed by atoms with Crippen LogP contribution in [-0.2, 0) is 14.9 Å². The van der Waals surface area contributed by atoms with Crippen LogP contribution in [0.2, 0.25) is 0 Å². The topological polar surface area (TPSA) is 142 Å². The lowest BCUT2D eigenvalue weighted by Crippen LogP contribution is -2.42. The minimum atomic E-state index is -4.33. The summed E-state index contributed by atoms with van der Waals surface area (Å²) < 4.78 is 32.7. The Morgan fingerprint density at radius 3 is 2.24 bits per heavy atom. The second kappa shape index (κ2) is 4.31. The fourth-order valence-electron chi connectivity index (χ4n) is 3.41. The summed E-state index contributed by atoms with van der Waals surface area (Å²) >= 11 is 0. The zero-order chi connectivity index (χ0) is 11.5. The molecular weight excluding hydrogens is 246 g/mol. The first-order valence-corrected chi connectivity index (χ1v) is 6.74. The molecule has 0 saturated heterocycles. The molecule has 0 aliphatic heterocycles. The number of fused-ring (bicyclic) bond motifs is 2. The van der Waals surface area contributed by atoms with Crippen molar-refractivity contribution in [1.29, 1.82) is 0 Å². The molecule has 0 heterocycles. The summed E-state index contributed by atoms with van der Waals surface area (Å²) in [5.41, 5.74) is -1.22. The van der Waals surface area contributed by atoms with E-state index in [9.17, 15) is 17.8 Å². The van der Waals surface area contributed by atoms with E-state index in [0.29, 0.717) is 12.8 Å². The molecule has 2 bridgehead atoms. The van der Waals surface area contributed by atoms with E-state index in [0.717, 1.165) is 6.42 Å². The molecule has 6 nitrogen and oxygen atoms in total. The third-order valence-corrected chi connectivity index (χ3v) is 5.41. The van der Waals surface area contributed by atoms with E-state index in [4.69, 9.17) is 0 Å². The molecule has 0 aromatic rings. The van der Waals surface area contributed by atoms with Crippen LogP contribution < -0.4 is 6.15 Å². The van der Waals surface area contributed by atoms with Gasteiger partial charge in [0.05, 0.1) is 15.9 Å². The number of Topliss-reactive ketones (excluding diaryl/α,β-unsaturated/α-hetero) is 1. The quantitative estimate of drug-likeness (QED) is 0.725. The minimum Gasteiger partial charge on any atom is -0.748 e. The summed E-state index contributed by atoms with van der Waals surface area (Å²) in [7, 11) is -4.33. The lowest BCUT2D eigenvalue weighted by Gasteiger charge is -2.37. The first kappa shape index (κ1) is 16.5. The van der Waals surface area contributed by atoms with Gasteiger partial charge in [-0.2, -0.15) is 0 Å². The van der Waals surface area contributed by atoms with Gasteiger partial charge in [0.25, 0.3) is 0 Å². The Morgan fingerprint density at radius 2 is 1.94 bits per heavy atom. The average Bonchev–Trinajstić information content (AvgIpc) is 2.34. The van der Waals surface area contributed by atoms with Crippen LogP contribution in [0.5, 0.6) is 0 Å². The molecule has 0 spiro atoms. The van der Waals surface area contributed by atoms with Crippen molar-refractivity contribution in [2.75, 3.05) is 5.75 Å². The van der Waals surface area contributed by atoms with Gasteiger partial charge in [-0.05, 0) is 24.2 Å². The van der Waals surface area contributed by atoms with Crippen LogP contribution in [0.3, 0.4) is 0 Å². The summed E-state index contributed by atoms with van der Waals surface area (Å²) in [6.45, 7) is 3.83. The van der Waals surface area contributed by atoms with E-state index in [-0.39, 0.29) is 28.7 Å². The van der Waals surface area contributed by atoms with Crippen LogP contribution in [0.1, 0.15) is 33.1 Å². The van der Waals surface area contributed by atoms with Crippen molar-refractivity contribution in [2.45, 2.75) is 33.1 Å². The summed E-state index contributed by atoms with van der Waals surface area (Å²) in [5, 5.41) is 0. The number of rotatable bonds is 2. The molecule has 2 aliphatic carbocycles. The van der Waals surface area contributed by atoms with Gasteiger partial charge in [0, 0.05) is 11.8 Å². The molecule has 17 heavy (non-hydrogen) atoms. The normalized spacial score (nSPS) is 34.1. The molecule has 2 fully saturated rings. The van der Waals surface area contributed by atoms with Gasteiger partial charge in [-0.25, -0.2) is 8.42 Å². The molecule has 2 unspecified atom stereocenters. The Labute approximate surface area is 101 Å². The first-order chi connectivity index (χ1) is 6.69. The third kappa shape index (κ3) is 2.12.